The largest absolute Gasteiger partial charge is 0.322 e. The highest BCUT2D eigenvalue weighted by atomic mass is 35.5. The first-order valence-corrected chi connectivity index (χ1v) is 11.5. The molecule has 0 saturated heterocycles. The number of nitrogens with one attached hydrogen (secondary N) is 2. The Balaban J connectivity index is 1.91. The molecule has 3 rings (SSSR count). The second-order valence-electron chi connectivity index (χ2n) is 6.83. The maximum atomic E-state index is 12.8. The van der Waals surface area contributed by atoms with E-state index >= 15 is 0 Å². The molecule has 1 aliphatic rings. The number of rotatable bonds is 6. The van der Waals surface area contributed by atoms with E-state index in [1.807, 2.05) is 25.1 Å². The molecular formula is C20H22Cl2N2O3S. The molecule has 0 unspecified atom stereocenters. The number of carbonyl (C=O) groups excluding carboxylic acids is 1. The predicted molar refractivity (Wildman–Crippen MR) is 113 cm³/mol. The summed E-state index contributed by atoms with van der Waals surface area (Å²) >= 11 is 12.3. The van der Waals surface area contributed by atoms with E-state index in [2.05, 4.69) is 10.0 Å². The fourth-order valence-electron chi connectivity index (χ4n) is 3.38. The predicted octanol–water partition coefficient (Wildman–Crippen LogP) is 5.03. The van der Waals surface area contributed by atoms with Crippen molar-refractivity contribution in [1.29, 1.82) is 0 Å². The highest BCUT2D eigenvalue weighted by Gasteiger charge is 2.27. The van der Waals surface area contributed by atoms with Gasteiger partial charge in [-0.05, 0) is 43.0 Å². The Morgan fingerprint density at radius 3 is 2.46 bits per heavy atom. The Bertz CT molecular complexity index is 987. The van der Waals surface area contributed by atoms with Crippen LogP contribution in [-0.2, 0) is 16.4 Å². The molecule has 0 spiro atoms. The fraction of sp³-hybridized carbons (Fsp3) is 0.350. The van der Waals surface area contributed by atoms with Crippen LogP contribution in [0.2, 0.25) is 10.0 Å². The molecule has 150 valence electrons. The number of hydrogen-bond acceptors (Lipinski definition) is 3. The number of benzene rings is 2. The van der Waals surface area contributed by atoms with Crippen LogP contribution < -0.4 is 10.0 Å². The molecule has 1 aliphatic carbocycles. The number of anilines is 1. The van der Waals surface area contributed by atoms with Crippen molar-refractivity contribution in [2.45, 2.75) is 50.0 Å². The first-order chi connectivity index (χ1) is 13.3. The number of aryl methyl sites for hydroxylation is 1. The van der Waals surface area contributed by atoms with E-state index in [1.165, 1.54) is 12.1 Å². The molecule has 8 heteroatoms. The van der Waals surface area contributed by atoms with Crippen molar-refractivity contribution in [2.24, 2.45) is 0 Å². The second-order valence-corrected chi connectivity index (χ2v) is 9.33. The molecule has 0 bridgehead atoms. The molecule has 2 aromatic rings. The summed E-state index contributed by atoms with van der Waals surface area (Å²) in [6, 6.07) is 9.85. The zero-order valence-electron chi connectivity index (χ0n) is 15.5. The number of sulfonamides is 1. The van der Waals surface area contributed by atoms with Crippen LogP contribution in [0, 0.1) is 0 Å². The molecule has 28 heavy (non-hydrogen) atoms. The summed E-state index contributed by atoms with van der Waals surface area (Å²) in [7, 11) is -3.85. The van der Waals surface area contributed by atoms with Gasteiger partial charge in [0.15, 0.2) is 0 Å². The number of carbonyl (C=O) groups is 1. The number of hydrogen-bond donors (Lipinski definition) is 2. The summed E-state index contributed by atoms with van der Waals surface area (Å²) in [6.07, 6.45) is 4.32. The van der Waals surface area contributed by atoms with Crippen molar-refractivity contribution in [3.05, 3.63) is 57.6 Å². The van der Waals surface area contributed by atoms with Gasteiger partial charge in [0.1, 0.15) is 4.90 Å². The minimum atomic E-state index is -3.85. The normalized spacial score (nSPS) is 15.0. The SMILES string of the molecule is CCc1ccccc1NC(=O)c1cc(S(=O)(=O)NC2CCCC2)c(Cl)cc1Cl. The van der Waals surface area contributed by atoms with Crippen molar-refractivity contribution in [3.8, 4) is 0 Å². The van der Waals surface area contributed by atoms with Crippen LogP contribution in [0.5, 0.6) is 0 Å². The lowest BCUT2D eigenvalue weighted by Gasteiger charge is -2.15. The highest BCUT2D eigenvalue weighted by molar-refractivity contribution is 7.89. The second kappa shape index (κ2) is 8.82. The van der Waals surface area contributed by atoms with Crippen molar-refractivity contribution in [2.75, 3.05) is 5.32 Å². The summed E-state index contributed by atoms with van der Waals surface area (Å²) in [5, 5.41) is 2.89. The Hall–Kier alpha value is -1.60. The average Bonchev–Trinajstić information content (AvgIpc) is 3.14. The van der Waals surface area contributed by atoms with Gasteiger partial charge < -0.3 is 5.32 Å². The van der Waals surface area contributed by atoms with Crippen LogP contribution in [0.3, 0.4) is 0 Å². The smallest absolute Gasteiger partial charge is 0.257 e. The average molecular weight is 441 g/mol. The lowest BCUT2D eigenvalue weighted by molar-refractivity contribution is 0.102. The van der Waals surface area contributed by atoms with E-state index in [9.17, 15) is 13.2 Å². The fourth-order valence-corrected chi connectivity index (χ4v) is 5.54. The van der Waals surface area contributed by atoms with Crippen LogP contribution in [0.15, 0.2) is 41.3 Å². The molecule has 1 saturated carbocycles. The third kappa shape index (κ3) is 4.69. The highest BCUT2D eigenvalue weighted by Crippen LogP contribution is 2.30. The Labute approximate surface area is 175 Å². The zero-order chi connectivity index (χ0) is 20.3. The van der Waals surface area contributed by atoms with Gasteiger partial charge in [0.25, 0.3) is 5.91 Å². The zero-order valence-corrected chi connectivity index (χ0v) is 17.8. The van der Waals surface area contributed by atoms with E-state index < -0.39 is 15.9 Å². The summed E-state index contributed by atoms with van der Waals surface area (Å²) in [5.74, 6) is -0.486. The molecule has 5 nitrogen and oxygen atoms in total. The van der Waals surface area contributed by atoms with E-state index in [0.29, 0.717) is 5.69 Å². The van der Waals surface area contributed by atoms with Crippen LogP contribution >= 0.6 is 23.2 Å². The number of amides is 1. The van der Waals surface area contributed by atoms with Crippen LogP contribution in [0.25, 0.3) is 0 Å². The minimum Gasteiger partial charge on any atom is -0.322 e. The molecule has 0 heterocycles. The first-order valence-electron chi connectivity index (χ1n) is 9.22. The molecule has 0 aliphatic heterocycles. The van der Waals surface area contributed by atoms with Crippen LogP contribution in [-0.4, -0.2) is 20.4 Å². The van der Waals surface area contributed by atoms with Gasteiger partial charge in [0.05, 0.1) is 15.6 Å². The molecule has 0 radical (unpaired) electrons. The van der Waals surface area contributed by atoms with Gasteiger partial charge in [-0.2, -0.15) is 0 Å². The maximum Gasteiger partial charge on any atom is 0.257 e. The monoisotopic (exact) mass is 440 g/mol. The van der Waals surface area contributed by atoms with Crippen molar-refractivity contribution >= 4 is 44.8 Å². The van der Waals surface area contributed by atoms with Gasteiger partial charge in [-0.3, -0.25) is 4.79 Å². The molecule has 2 aromatic carbocycles. The van der Waals surface area contributed by atoms with E-state index in [1.54, 1.807) is 6.07 Å². The Morgan fingerprint density at radius 1 is 1.11 bits per heavy atom. The van der Waals surface area contributed by atoms with Gasteiger partial charge in [-0.1, -0.05) is 61.2 Å². The molecule has 2 N–H and O–H groups in total. The molecular weight excluding hydrogens is 419 g/mol. The van der Waals surface area contributed by atoms with Crippen LogP contribution in [0.4, 0.5) is 5.69 Å². The molecule has 0 aromatic heterocycles. The van der Waals surface area contributed by atoms with Gasteiger partial charge in [0.2, 0.25) is 10.0 Å². The van der Waals surface area contributed by atoms with Crippen LogP contribution in [0.1, 0.15) is 48.5 Å². The quantitative estimate of drug-likeness (QED) is 0.660. The lowest BCUT2D eigenvalue weighted by Crippen LogP contribution is -2.33. The van der Waals surface area contributed by atoms with Gasteiger partial charge >= 0.3 is 0 Å². The maximum absolute atomic E-state index is 12.8. The van der Waals surface area contributed by atoms with Gasteiger partial charge in [-0.15, -0.1) is 0 Å². The number of para-hydroxylation sites is 1. The summed E-state index contributed by atoms with van der Waals surface area (Å²) in [5.41, 5.74) is 1.69. The first kappa shape index (κ1) is 21.1. The third-order valence-electron chi connectivity index (χ3n) is 4.88. The van der Waals surface area contributed by atoms with E-state index in [4.69, 9.17) is 23.2 Å². The summed E-state index contributed by atoms with van der Waals surface area (Å²) < 4.78 is 28.2. The standard InChI is InChI=1S/C20H22Cl2N2O3S/c1-2-13-7-3-6-10-18(13)23-20(25)15-11-19(17(22)12-16(15)21)28(26,27)24-14-8-4-5-9-14/h3,6-7,10-12,14,24H,2,4-5,8-9H2,1H3,(H,23,25). The lowest BCUT2D eigenvalue weighted by atomic mass is 10.1. The van der Waals surface area contributed by atoms with Crippen molar-refractivity contribution in [3.63, 3.8) is 0 Å². The van der Waals surface area contributed by atoms with Crippen molar-refractivity contribution < 1.29 is 13.2 Å². The van der Waals surface area contributed by atoms with Gasteiger partial charge in [-0.25, -0.2) is 13.1 Å². The third-order valence-corrected chi connectivity index (χ3v) is 7.18. The van der Waals surface area contributed by atoms with E-state index in [0.717, 1.165) is 37.7 Å². The minimum absolute atomic E-state index is 0.0130. The Kier molecular flexibility index (Phi) is 6.65. The van der Waals surface area contributed by atoms with Gasteiger partial charge in [0, 0.05) is 11.7 Å². The topological polar surface area (TPSA) is 75.3 Å². The molecule has 1 amide bonds. The Morgan fingerprint density at radius 2 is 1.79 bits per heavy atom. The summed E-state index contributed by atoms with van der Waals surface area (Å²) in [4.78, 5) is 12.6. The summed E-state index contributed by atoms with van der Waals surface area (Å²) in [6.45, 7) is 1.99. The molecule has 0 atom stereocenters. The number of halogens is 2. The van der Waals surface area contributed by atoms with E-state index in [-0.39, 0.29) is 26.5 Å². The molecule has 1 fully saturated rings. The van der Waals surface area contributed by atoms with Crippen molar-refractivity contribution in [1.82, 2.24) is 4.72 Å².